The molecule has 0 aromatic rings. The van der Waals surface area contributed by atoms with Gasteiger partial charge in [0.05, 0.1) is 13.0 Å². The van der Waals surface area contributed by atoms with Gasteiger partial charge in [0, 0.05) is 0 Å². The molecule has 14 heavy (non-hydrogen) atoms. The molecule has 0 heterocycles. The maximum Gasteiger partial charge on any atom is 0.305 e. The van der Waals surface area contributed by atoms with Gasteiger partial charge in [-0.1, -0.05) is 11.9 Å². The summed E-state index contributed by atoms with van der Waals surface area (Å²) in [7, 11) is 0. The highest BCUT2D eigenvalue weighted by atomic mass is 32.2. The normalized spacial score (nSPS) is 11.8. The van der Waals surface area contributed by atoms with E-state index in [1.807, 2.05) is 0 Å². The number of carbonyl (C=O) groups is 3. The molecule has 1 unspecified atom stereocenters. The minimum absolute atomic E-state index is 0.324. The first-order chi connectivity index (χ1) is 6.47. The Labute approximate surface area is 84.3 Å². The van der Waals surface area contributed by atoms with Crippen molar-refractivity contribution < 1.29 is 19.5 Å². The molecule has 0 aromatic carbocycles. The summed E-state index contributed by atoms with van der Waals surface area (Å²) >= 11 is 0.613. The van der Waals surface area contributed by atoms with Crippen molar-refractivity contribution in [3.8, 4) is 0 Å². The molecule has 1 atom stereocenters. The molecule has 0 radical (unpaired) electrons. The van der Waals surface area contributed by atoms with E-state index in [0.717, 1.165) is 0 Å². The van der Waals surface area contributed by atoms with Crippen LogP contribution in [0.3, 0.4) is 0 Å². The monoisotopic (exact) mass is 221 g/mol. The predicted octanol–water partition coefficient (Wildman–Crippen LogP) is -1.96. The van der Waals surface area contributed by atoms with E-state index in [2.05, 4.69) is 5.32 Å². The summed E-state index contributed by atoms with van der Waals surface area (Å²) in [4.78, 5) is 31.7. The summed E-state index contributed by atoms with van der Waals surface area (Å²) in [5.41, 5.74) is 4.78. The maximum atomic E-state index is 11.1. The predicted molar refractivity (Wildman–Crippen MR) is 50.0 cm³/mol. The van der Waals surface area contributed by atoms with Crippen LogP contribution in [0.25, 0.3) is 0 Å². The van der Waals surface area contributed by atoms with E-state index in [9.17, 15) is 14.4 Å². The van der Waals surface area contributed by atoms with Gasteiger partial charge >= 0.3 is 5.97 Å². The van der Waals surface area contributed by atoms with Crippen molar-refractivity contribution in [1.82, 2.24) is 5.32 Å². The van der Waals surface area contributed by atoms with Crippen LogP contribution in [0.2, 0.25) is 0 Å². The number of carboxylic acids is 1. The van der Waals surface area contributed by atoms with Gasteiger partial charge in [-0.05, 0) is 0 Å². The van der Waals surface area contributed by atoms with Gasteiger partial charge in [-0.15, -0.1) is 0 Å². The lowest BCUT2D eigenvalue weighted by Crippen LogP contribution is -2.39. The number of rotatable bonds is 6. The Kier molecular flexibility index (Phi) is 5.65. The molecule has 0 saturated heterocycles. The van der Waals surface area contributed by atoms with Gasteiger partial charge in [-0.2, -0.15) is 0 Å². The fraction of sp³-hybridized carbons (Fsp3) is 0.500. The van der Waals surface area contributed by atoms with Crippen LogP contribution in [0.1, 0.15) is 6.42 Å². The van der Waals surface area contributed by atoms with Crippen LogP contribution in [0, 0.1) is 0 Å². The number of hydrogen-bond acceptors (Lipinski definition) is 5. The molecule has 2 amide bonds. The largest absolute Gasteiger partial charge is 0.481 e. The van der Waals surface area contributed by atoms with E-state index in [-0.39, 0.29) is 6.54 Å². The van der Waals surface area contributed by atoms with E-state index >= 15 is 0 Å². The average Bonchev–Trinajstić information content (AvgIpc) is 2.09. The Balaban J connectivity index is 4.04. The highest BCUT2D eigenvalue weighted by molar-refractivity contribution is 7.98. The molecule has 0 aliphatic carbocycles. The molecule has 7 nitrogen and oxygen atoms in total. The van der Waals surface area contributed by atoms with E-state index in [1.54, 1.807) is 0 Å². The van der Waals surface area contributed by atoms with Crippen molar-refractivity contribution >= 4 is 29.7 Å². The first-order valence-electron chi connectivity index (χ1n) is 3.60. The quantitative estimate of drug-likeness (QED) is 0.384. The summed E-state index contributed by atoms with van der Waals surface area (Å²) in [6.45, 7) is -0.324. The van der Waals surface area contributed by atoms with Crippen molar-refractivity contribution in [2.75, 3.05) is 6.54 Å². The lowest BCUT2D eigenvalue weighted by atomic mass is 10.3. The molecule has 0 aliphatic rings. The Morgan fingerprint density at radius 3 is 2.36 bits per heavy atom. The molecule has 0 aliphatic heterocycles. The number of carboxylic acid groups (broad SMARTS) is 1. The van der Waals surface area contributed by atoms with Crippen molar-refractivity contribution in [2.24, 2.45) is 10.9 Å². The molecule has 0 bridgehead atoms. The number of aliphatic carboxylic acids is 1. The molecule has 80 valence electrons. The maximum absolute atomic E-state index is 11.1. The lowest BCUT2D eigenvalue weighted by Gasteiger charge is -2.10. The number of primary amides is 1. The number of amides is 2. The van der Waals surface area contributed by atoms with Gasteiger partial charge in [0.2, 0.25) is 11.8 Å². The summed E-state index contributed by atoms with van der Waals surface area (Å²) in [5, 5.41) is 14.8. The molecule has 0 rings (SSSR count). The fourth-order valence-electron chi connectivity index (χ4n) is 0.649. The van der Waals surface area contributed by atoms with Crippen molar-refractivity contribution in [2.45, 2.75) is 11.7 Å². The third-order valence-corrected chi connectivity index (χ3v) is 1.96. The topological polar surface area (TPSA) is 136 Å². The third kappa shape index (κ3) is 5.38. The second-order valence-corrected chi connectivity index (χ2v) is 3.25. The van der Waals surface area contributed by atoms with E-state index in [4.69, 9.17) is 16.0 Å². The van der Waals surface area contributed by atoms with Crippen LogP contribution >= 0.6 is 11.9 Å². The molecular weight excluding hydrogens is 210 g/mol. The van der Waals surface area contributed by atoms with Crippen LogP contribution in [0.4, 0.5) is 0 Å². The first-order valence-corrected chi connectivity index (χ1v) is 4.55. The number of carbonyl (C=O) groups excluding carboxylic acids is 2. The Hall–Kier alpha value is -1.28. The third-order valence-electron chi connectivity index (χ3n) is 1.25. The standard InChI is InChI=1S/C6H11N3O4S/c7-4(10)2-9-6(13)3(14-8)1-5(11)12/h3H,1-2,8H2,(H2,7,10)(H,9,13)(H,11,12). The zero-order valence-corrected chi connectivity index (χ0v) is 8.04. The fourth-order valence-corrected chi connectivity index (χ4v) is 1.10. The molecule has 8 heteroatoms. The zero-order chi connectivity index (χ0) is 11.1. The van der Waals surface area contributed by atoms with Crippen molar-refractivity contribution in [1.29, 1.82) is 0 Å². The molecule has 0 fully saturated rings. The number of nitrogens with two attached hydrogens (primary N) is 2. The van der Waals surface area contributed by atoms with Crippen LogP contribution < -0.4 is 16.2 Å². The smallest absolute Gasteiger partial charge is 0.305 e. The summed E-state index contributed by atoms with van der Waals surface area (Å²) in [6.07, 6.45) is -0.397. The molecule has 0 spiro atoms. The molecule has 0 aromatic heterocycles. The van der Waals surface area contributed by atoms with Crippen LogP contribution in [0.15, 0.2) is 0 Å². The van der Waals surface area contributed by atoms with E-state index < -0.39 is 29.5 Å². The van der Waals surface area contributed by atoms with E-state index in [1.165, 1.54) is 0 Å². The van der Waals surface area contributed by atoms with Gasteiger partial charge < -0.3 is 16.2 Å². The lowest BCUT2D eigenvalue weighted by molar-refractivity contribution is -0.138. The van der Waals surface area contributed by atoms with Crippen molar-refractivity contribution in [3.05, 3.63) is 0 Å². The van der Waals surface area contributed by atoms with Crippen LogP contribution in [-0.2, 0) is 14.4 Å². The first kappa shape index (κ1) is 12.7. The van der Waals surface area contributed by atoms with Gasteiger partial charge in [-0.3, -0.25) is 19.5 Å². The Morgan fingerprint density at radius 2 is 2.00 bits per heavy atom. The molecular formula is C6H11N3O4S. The van der Waals surface area contributed by atoms with Crippen LogP contribution in [0.5, 0.6) is 0 Å². The average molecular weight is 221 g/mol. The van der Waals surface area contributed by atoms with Gasteiger partial charge in [-0.25, -0.2) is 0 Å². The second kappa shape index (κ2) is 6.22. The SMILES string of the molecule is NSC(CC(=O)O)C(=O)NCC(N)=O. The van der Waals surface area contributed by atoms with Gasteiger partial charge in [0.1, 0.15) is 5.25 Å². The second-order valence-electron chi connectivity index (χ2n) is 2.41. The Bertz CT molecular complexity index is 245. The minimum Gasteiger partial charge on any atom is -0.481 e. The van der Waals surface area contributed by atoms with Crippen molar-refractivity contribution in [3.63, 3.8) is 0 Å². The van der Waals surface area contributed by atoms with Crippen LogP contribution in [-0.4, -0.2) is 34.7 Å². The summed E-state index contributed by atoms with van der Waals surface area (Å²) < 4.78 is 0. The van der Waals surface area contributed by atoms with Gasteiger partial charge in [0.15, 0.2) is 0 Å². The minimum atomic E-state index is -1.14. The summed E-state index contributed by atoms with van der Waals surface area (Å²) in [5.74, 6) is -2.45. The Morgan fingerprint density at radius 1 is 1.43 bits per heavy atom. The highest BCUT2D eigenvalue weighted by Crippen LogP contribution is 2.07. The van der Waals surface area contributed by atoms with Gasteiger partial charge in [0.25, 0.3) is 0 Å². The van der Waals surface area contributed by atoms with E-state index in [0.29, 0.717) is 11.9 Å². The zero-order valence-electron chi connectivity index (χ0n) is 7.23. The number of hydrogen-bond donors (Lipinski definition) is 4. The molecule has 0 saturated carbocycles. The highest BCUT2D eigenvalue weighted by Gasteiger charge is 2.21. The number of nitrogens with one attached hydrogen (secondary N) is 1. The molecule has 6 N–H and O–H groups in total. The summed E-state index contributed by atoms with van der Waals surface area (Å²) in [6, 6.07) is 0.